The first kappa shape index (κ1) is 13.0. The molecule has 0 aliphatic heterocycles. The highest BCUT2D eigenvalue weighted by atomic mass is 19.1. The molecule has 16 heavy (non-hydrogen) atoms. The largest absolute Gasteiger partial charge is 0.490 e. The van der Waals surface area contributed by atoms with E-state index in [0.717, 1.165) is 32.5 Å². The molecule has 0 saturated heterocycles. The fourth-order valence-corrected chi connectivity index (χ4v) is 1.32. The predicted octanol–water partition coefficient (Wildman–Crippen LogP) is 3.21. The number of unbranched alkanes of at least 4 members (excludes halogenated alkanes) is 2. The molecule has 0 amide bonds. The van der Waals surface area contributed by atoms with Gasteiger partial charge in [0.25, 0.3) is 0 Å². The van der Waals surface area contributed by atoms with E-state index in [1.54, 1.807) is 12.1 Å². The second-order valence-electron chi connectivity index (χ2n) is 3.45. The summed E-state index contributed by atoms with van der Waals surface area (Å²) in [5.41, 5.74) is 0. The highest BCUT2D eigenvalue weighted by molar-refractivity contribution is 5.22. The van der Waals surface area contributed by atoms with Crippen LogP contribution in [-0.2, 0) is 4.74 Å². The first-order valence-electron chi connectivity index (χ1n) is 5.71. The number of hydrogen-bond acceptors (Lipinski definition) is 2. The van der Waals surface area contributed by atoms with Gasteiger partial charge in [-0.15, -0.1) is 0 Å². The molecule has 1 radical (unpaired) electrons. The molecule has 0 heterocycles. The molecule has 0 unspecified atom stereocenters. The molecular formula is C13H18FO2. The summed E-state index contributed by atoms with van der Waals surface area (Å²) in [5, 5.41) is 0. The second-order valence-corrected chi connectivity index (χ2v) is 3.45. The van der Waals surface area contributed by atoms with Gasteiger partial charge in [0.2, 0.25) is 0 Å². The lowest BCUT2D eigenvalue weighted by atomic mass is 10.2. The van der Waals surface area contributed by atoms with Gasteiger partial charge in [0.15, 0.2) is 11.6 Å². The fraction of sp³-hybridized carbons (Fsp3) is 0.538. The molecule has 0 bridgehead atoms. The summed E-state index contributed by atoms with van der Waals surface area (Å²) in [5.74, 6) is -0.135. The van der Waals surface area contributed by atoms with Gasteiger partial charge in [-0.25, -0.2) is 4.39 Å². The third-order valence-electron chi connectivity index (χ3n) is 2.16. The van der Waals surface area contributed by atoms with E-state index in [0.29, 0.717) is 6.61 Å². The van der Waals surface area contributed by atoms with Crippen LogP contribution in [0.3, 0.4) is 0 Å². The van der Waals surface area contributed by atoms with Crippen molar-refractivity contribution in [2.75, 3.05) is 19.8 Å². The van der Waals surface area contributed by atoms with Gasteiger partial charge in [0.05, 0.1) is 6.61 Å². The van der Waals surface area contributed by atoms with Crippen molar-refractivity contribution in [3.8, 4) is 5.75 Å². The van der Waals surface area contributed by atoms with E-state index < -0.39 is 5.82 Å². The van der Waals surface area contributed by atoms with Crippen LogP contribution in [0.1, 0.15) is 26.2 Å². The van der Waals surface area contributed by atoms with Gasteiger partial charge in [0.1, 0.15) is 0 Å². The SMILES string of the molecule is CCOCCCCCOc1ccc[c]c1F. The molecule has 3 heteroatoms. The van der Waals surface area contributed by atoms with Crippen molar-refractivity contribution >= 4 is 0 Å². The molecule has 0 aliphatic rings. The Bertz CT molecular complexity index is 289. The molecule has 0 aromatic heterocycles. The highest BCUT2D eigenvalue weighted by Crippen LogP contribution is 2.15. The normalized spacial score (nSPS) is 10.4. The van der Waals surface area contributed by atoms with Gasteiger partial charge in [-0.05, 0) is 32.3 Å². The van der Waals surface area contributed by atoms with E-state index >= 15 is 0 Å². The molecule has 0 fully saturated rings. The third kappa shape index (κ3) is 5.12. The van der Waals surface area contributed by atoms with Crippen LogP contribution in [0, 0.1) is 11.9 Å². The first-order chi connectivity index (χ1) is 7.84. The minimum Gasteiger partial charge on any atom is -0.490 e. The van der Waals surface area contributed by atoms with Gasteiger partial charge in [0, 0.05) is 19.3 Å². The lowest BCUT2D eigenvalue weighted by Gasteiger charge is -2.06. The van der Waals surface area contributed by atoms with E-state index in [-0.39, 0.29) is 5.75 Å². The smallest absolute Gasteiger partial charge is 0.172 e. The maximum atomic E-state index is 13.1. The van der Waals surface area contributed by atoms with E-state index in [1.807, 2.05) is 6.92 Å². The zero-order chi connectivity index (χ0) is 11.6. The van der Waals surface area contributed by atoms with E-state index in [4.69, 9.17) is 9.47 Å². The molecule has 0 aliphatic carbocycles. The standard InChI is InChI=1S/C13H18FO2/c1-2-15-10-6-3-7-11-16-13-9-5-4-8-12(13)14/h4-5,9H,2-3,6-7,10-11H2,1H3. The summed E-state index contributed by atoms with van der Waals surface area (Å²) in [6.45, 7) is 4.09. The van der Waals surface area contributed by atoms with Gasteiger partial charge < -0.3 is 9.47 Å². The Morgan fingerprint density at radius 1 is 1.25 bits per heavy atom. The maximum Gasteiger partial charge on any atom is 0.172 e. The van der Waals surface area contributed by atoms with Crippen LogP contribution in [0.25, 0.3) is 0 Å². The summed E-state index contributed by atoms with van der Waals surface area (Å²) < 4.78 is 23.6. The first-order valence-corrected chi connectivity index (χ1v) is 5.71. The zero-order valence-corrected chi connectivity index (χ0v) is 9.67. The summed E-state index contributed by atoms with van der Waals surface area (Å²) in [6, 6.07) is 7.32. The van der Waals surface area contributed by atoms with Crippen LogP contribution in [0.5, 0.6) is 5.75 Å². The van der Waals surface area contributed by atoms with Gasteiger partial charge in [-0.3, -0.25) is 0 Å². The number of halogens is 1. The Morgan fingerprint density at radius 2 is 2.06 bits per heavy atom. The quantitative estimate of drug-likeness (QED) is 0.632. The van der Waals surface area contributed by atoms with Crippen molar-refractivity contribution in [3.63, 3.8) is 0 Å². The van der Waals surface area contributed by atoms with E-state index in [9.17, 15) is 4.39 Å². The molecule has 2 nitrogen and oxygen atoms in total. The average Bonchev–Trinajstić information content (AvgIpc) is 2.30. The third-order valence-corrected chi connectivity index (χ3v) is 2.16. The molecule has 0 N–H and O–H groups in total. The molecular weight excluding hydrogens is 207 g/mol. The predicted molar refractivity (Wildman–Crippen MR) is 61.1 cm³/mol. The Hall–Kier alpha value is -1.09. The lowest BCUT2D eigenvalue weighted by Crippen LogP contribution is -2.00. The number of ether oxygens (including phenoxy) is 2. The van der Waals surface area contributed by atoms with Crippen LogP contribution in [-0.4, -0.2) is 19.8 Å². The van der Waals surface area contributed by atoms with Crippen LogP contribution in [0.4, 0.5) is 4.39 Å². The van der Waals surface area contributed by atoms with Gasteiger partial charge >= 0.3 is 0 Å². The summed E-state index contributed by atoms with van der Waals surface area (Å²) >= 11 is 0. The van der Waals surface area contributed by atoms with Crippen molar-refractivity contribution in [1.82, 2.24) is 0 Å². The Labute approximate surface area is 96.4 Å². The molecule has 1 aromatic rings. The molecule has 0 atom stereocenters. The summed E-state index contributed by atoms with van der Waals surface area (Å²) in [4.78, 5) is 0. The Balaban J connectivity index is 2.05. The monoisotopic (exact) mass is 225 g/mol. The minimum absolute atomic E-state index is 0.285. The zero-order valence-electron chi connectivity index (χ0n) is 9.67. The van der Waals surface area contributed by atoms with Gasteiger partial charge in [-0.2, -0.15) is 0 Å². The van der Waals surface area contributed by atoms with Crippen molar-refractivity contribution in [2.24, 2.45) is 0 Å². The van der Waals surface area contributed by atoms with Crippen molar-refractivity contribution < 1.29 is 13.9 Å². The minimum atomic E-state index is -0.420. The number of benzene rings is 1. The Morgan fingerprint density at radius 3 is 2.81 bits per heavy atom. The van der Waals surface area contributed by atoms with Crippen LogP contribution < -0.4 is 4.74 Å². The summed E-state index contributed by atoms with van der Waals surface area (Å²) in [7, 11) is 0. The maximum absolute atomic E-state index is 13.1. The van der Waals surface area contributed by atoms with Crippen molar-refractivity contribution in [3.05, 3.63) is 30.1 Å². The van der Waals surface area contributed by atoms with Crippen molar-refractivity contribution in [1.29, 1.82) is 0 Å². The van der Waals surface area contributed by atoms with E-state index in [1.165, 1.54) is 6.07 Å². The number of hydrogen-bond donors (Lipinski definition) is 0. The van der Waals surface area contributed by atoms with Gasteiger partial charge in [-0.1, -0.05) is 12.1 Å². The molecule has 89 valence electrons. The second kappa shape index (κ2) is 8.11. The fourth-order valence-electron chi connectivity index (χ4n) is 1.32. The van der Waals surface area contributed by atoms with Crippen LogP contribution >= 0.6 is 0 Å². The highest BCUT2D eigenvalue weighted by Gasteiger charge is 2.00. The topological polar surface area (TPSA) is 18.5 Å². The summed E-state index contributed by atoms with van der Waals surface area (Å²) in [6.07, 6.45) is 2.99. The van der Waals surface area contributed by atoms with E-state index in [2.05, 4.69) is 6.07 Å². The molecule has 0 saturated carbocycles. The van der Waals surface area contributed by atoms with Crippen molar-refractivity contribution in [2.45, 2.75) is 26.2 Å². The molecule has 0 spiro atoms. The number of rotatable bonds is 8. The Kier molecular flexibility index (Phi) is 6.58. The lowest BCUT2D eigenvalue weighted by molar-refractivity contribution is 0.141. The molecule has 1 rings (SSSR count). The van der Waals surface area contributed by atoms with Crippen LogP contribution in [0.15, 0.2) is 18.2 Å². The average molecular weight is 225 g/mol. The molecule has 1 aromatic carbocycles. The van der Waals surface area contributed by atoms with Crippen LogP contribution in [0.2, 0.25) is 0 Å².